The van der Waals surface area contributed by atoms with E-state index in [0.29, 0.717) is 6.10 Å². The van der Waals surface area contributed by atoms with E-state index in [1.807, 2.05) is 6.92 Å². The second kappa shape index (κ2) is 11.4. The summed E-state index contributed by atoms with van der Waals surface area (Å²) in [5.41, 5.74) is 0. The van der Waals surface area contributed by atoms with Crippen LogP contribution in [0.5, 0.6) is 0 Å². The first-order valence-corrected chi connectivity index (χ1v) is 8.92. The molecule has 1 fully saturated rings. The lowest BCUT2D eigenvalue weighted by atomic mass is 9.75. The lowest BCUT2D eigenvalue weighted by Gasteiger charge is -2.37. The van der Waals surface area contributed by atoms with Crippen molar-refractivity contribution in [1.82, 2.24) is 0 Å². The molecular formula is C18H36O3. The fourth-order valence-corrected chi connectivity index (χ4v) is 3.21. The first-order valence-electron chi connectivity index (χ1n) is 8.92. The van der Waals surface area contributed by atoms with Crippen LogP contribution in [0.25, 0.3) is 0 Å². The normalized spacial score (nSPS) is 26.4. The van der Waals surface area contributed by atoms with E-state index < -0.39 is 0 Å². The summed E-state index contributed by atoms with van der Waals surface area (Å²) in [4.78, 5) is 0. The minimum absolute atomic E-state index is 0.465. The van der Waals surface area contributed by atoms with Crippen molar-refractivity contribution in [3.8, 4) is 0 Å². The third kappa shape index (κ3) is 8.18. The SMILES string of the molecule is CCOCCCOCCCOC1CC(C)CCC1C(C)C. The van der Waals surface area contributed by atoms with E-state index >= 15 is 0 Å². The molecule has 0 aromatic carbocycles. The molecule has 126 valence electrons. The molecule has 0 spiro atoms. The molecule has 0 saturated heterocycles. The van der Waals surface area contributed by atoms with E-state index in [4.69, 9.17) is 14.2 Å². The van der Waals surface area contributed by atoms with Crippen LogP contribution in [-0.2, 0) is 14.2 Å². The average Bonchev–Trinajstić information content (AvgIpc) is 2.45. The van der Waals surface area contributed by atoms with Crippen LogP contribution in [0.1, 0.15) is 59.8 Å². The van der Waals surface area contributed by atoms with Crippen LogP contribution in [0.4, 0.5) is 0 Å². The van der Waals surface area contributed by atoms with Gasteiger partial charge in [-0.3, -0.25) is 0 Å². The molecule has 1 saturated carbocycles. The van der Waals surface area contributed by atoms with Crippen LogP contribution in [0, 0.1) is 17.8 Å². The summed E-state index contributed by atoms with van der Waals surface area (Å²) >= 11 is 0. The molecule has 1 rings (SSSR count). The molecule has 0 bridgehead atoms. The Morgan fingerprint density at radius 2 is 1.62 bits per heavy atom. The molecule has 3 unspecified atom stereocenters. The van der Waals surface area contributed by atoms with Gasteiger partial charge in [-0.2, -0.15) is 0 Å². The van der Waals surface area contributed by atoms with Gasteiger partial charge < -0.3 is 14.2 Å². The lowest BCUT2D eigenvalue weighted by Crippen LogP contribution is -2.34. The van der Waals surface area contributed by atoms with Crippen LogP contribution in [-0.4, -0.2) is 39.1 Å². The molecule has 3 atom stereocenters. The van der Waals surface area contributed by atoms with Gasteiger partial charge in [0.25, 0.3) is 0 Å². The average molecular weight is 300 g/mol. The van der Waals surface area contributed by atoms with Crippen molar-refractivity contribution in [3.05, 3.63) is 0 Å². The summed E-state index contributed by atoms with van der Waals surface area (Å²) in [5.74, 6) is 2.30. The van der Waals surface area contributed by atoms with E-state index in [1.165, 1.54) is 19.3 Å². The minimum Gasteiger partial charge on any atom is -0.382 e. The van der Waals surface area contributed by atoms with Crippen molar-refractivity contribution in [3.63, 3.8) is 0 Å². The van der Waals surface area contributed by atoms with Crippen LogP contribution < -0.4 is 0 Å². The monoisotopic (exact) mass is 300 g/mol. The van der Waals surface area contributed by atoms with E-state index in [2.05, 4.69) is 20.8 Å². The van der Waals surface area contributed by atoms with Gasteiger partial charge in [0.2, 0.25) is 0 Å². The van der Waals surface area contributed by atoms with Crippen molar-refractivity contribution >= 4 is 0 Å². The smallest absolute Gasteiger partial charge is 0.0608 e. The molecule has 0 N–H and O–H groups in total. The van der Waals surface area contributed by atoms with Gasteiger partial charge >= 0.3 is 0 Å². The first kappa shape index (κ1) is 18.9. The van der Waals surface area contributed by atoms with E-state index in [1.54, 1.807) is 0 Å². The van der Waals surface area contributed by atoms with Gasteiger partial charge in [-0.05, 0) is 50.4 Å². The Labute approximate surface area is 131 Å². The molecule has 3 nitrogen and oxygen atoms in total. The fourth-order valence-electron chi connectivity index (χ4n) is 3.21. The van der Waals surface area contributed by atoms with E-state index in [0.717, 1.165) is 63.6 Å². The maximum absolute atomic E-state index is 6.17. The lowest BCUT2D eigenvalue weighted by molar-refractivity contribution is -0.0447. The van der Waals surface area contributed by atoms with Gasteiger partial charge in [-0.15, -0.1) is 0 Å². The van der Waals surface area contributed by atoms with Gasteiger partial charge in [-0.1, -0.05) is 27.2 Å². The van der Waals surface area contributed by atoms with Gasteiger partial charge in [0.15, 0.2) is 0 Å². The molecule has 0 aliphatic heterocycles. The van der Waals surface area contributed by atoms with Crippen molar-refractivity contribution in [2.75, 3.05) is 33.0 Å². The molecule has 0 heterocycles. The maximum Gasteiger partial charge on any atom is 0.0608 e. The van der Waals surface area contributed by atoms with Crippen molar-refractivity contribution in [2.45, 2.75) is 65.9 Å². The van der Waals surface area contributed by atoms with Gasteiger partial charge in [-0.25, -0.2) is 0 Å². The summed E-state index contributed by atoms with van der Waals surface area (Å²) in [7, 11) is 0. The number of ether oxygens (including phenoxy) is 3. The molecule has 21 heavy (non-hydrogen) atoms. The highest BCUT2D eigenvalue weighted by Gasteiger charge is 2.31. The third-order valence-corrected chi connectivity index (χ3v) is 4.51. The Morgan fingerprint density at radius 3 is 2.29 bits per heavy atom. The molecule has 0 aromatic rings. The molecule has 1 aliphatic rings. The summed E-state index contributed by atoms with van der Waals surface area (Å²) in [6.07, 6.45) is 6.39. The predicted octanol–water partition coefficient (Wildman–Crippen LogP) is 4.30. The minimum atomic E-state index is 0.465. The van der Waals surface area contributed by atoms with Crippen molar-refractivity contribution in [2.24, 2.45) is 17.8 Å². The number of hydrogen-bond acceptors (Lipinski definition) is 3. The zero-order valence-electron chi connectivity index (χ0n) is 14.6. The second-order valence-electron chi connectivity index (χ2n) is 6.75. The Balaban J connectivity index is 2.04. The molecule has 3 heteroatoms. The molecule has 0 amide bonds. The van der Waals surface area contributed by atoms with Gasteiger partial charge in [0, 0.05) is 33.0 Å². The summed E-state index contributed by atoms with van der Waals surface area (Å²) in [6, 6.07) is 0. The second-order valence-corrected chi connectivity index (χ2v) is 6.75. The Kier molecular flexibility index (Phi) is 10.3. The van der Waals surface area contributed by atoms with Crippen LogP contribution in [0.2, 0.25) is 0 Å². The molecule has 0 radical (unpaired) electrons. The number of rotatable bonds is 11. The van der Waals surface area contributed by atoms with Crippen molar-refractivity contribution in [1.29, 1.82) is 0 Å². The Morgan fingerprint density at radius 1 is 0.952 bits per heavy atom. The maximum atomic E-state index is 6.17. The largest absolute Gasteiger partial charge is 0.382 e. The number of hydrogen-bond donors (Lipinski definition) is 0. The highest BCUT2D eigenvalue weighted by Crippen LogP contribution is 2.35. The molecule has 0 aromatic heterocycles. The van der Waals surface area contributed by atoms with Crippen LogP contribution >= 0.6 is 0 Å². The zero-order chi connectivity index (χ0) is 15.5. The standard InChI is InChI=1S/C18H36O3/c1-5-19-10-6-11-20-12-7-13-21-18-14-16(4)8-9-17(18)15(2)3/h15-18H,5-14H2,1-4H3. The molecule has 1 aliphatic carbocycles. The van der Waals surface area contributed by atoms with Crippen LogP contribution in [0.3, 0.4) is 0 Å². The highest BCUT2D eigenvalue weighted by atomic mass is 16.5. The third-order valence-electron chi connectivity index (χ3n) is 4.51. The quantitative estimate of drug-likeness (QED) is 0.533. The van der Waals surface area contributed by atoms with Gasteiger partial charge in [0.05, 0.1) is 6.10 Å². The van der Waals surface area contributed by atoms with Gasteiger partial charge in [0.1, 0.15) is 0 Å². The topological polar surface area (TPSA) is 27.7 Å². The fraction of sp³-hybridized carbons (Fsp3) is 1.00. The van der Waals surface area contributed by atoms with Crippen molar-refractivity contribution < 1.29 is 14.2 Å². The Bertz CT molecular complexity index is 243. The summed E-state index contributed by atoms with van der Waals surface area (Å²) in [6.45, 7) is 13.1. The Hall–Kier alpha value is -0.120. The predicted molar refractivity (Wildman–Crippen MR) is 87.6 cm³/mol. The van der Waals surface area contributed by atoms with E-state index in [-0.39, 0.29) is 0 Å². The summed E-state index contributed by atoms with van der Waals surface area (Å²) in [5, 5.41) is 0. The molecular weight excluding hydrogens is 264 g/mol. The summed E-state index contributed by atoms with van der Waals surface area (Å²) < 4.78 is 17.1. The first-order chi connectivity index (χ1) is 10.1. The van der Waals surface area contributed by atoms with E-state index in [9.17, 15) is 0 Å². The zero-order valence-corrected chi connectivity index (χ0v) is 14.6. The highest BCUT2D eigenvalue weighted by molar-refractivity contribution is 4.81. The van der Waals surface area contributed by atoms with Crippen LogP contribution in [0.15, 0.2) is 0 Å².